The van der Waals surface area contributed by atoms with Gasteiger partial charge in [0.15, 0.2) is 0 Å². The average Bonchev–Trinajstić information content (AvgIpc) is 2.70. The number of amides is 2. The Kier molecular flexibility index (Phi) is 7.55. The molecule has 2 rings (SSSR count). The van der Waals surface area contributed by atoms with Crippen molar-refractivity contribution in [3.8, 4) is 5.75 Å². The molecule has 2 aromatic rings. The minimum Gasteiger partial charge on any atom is -0.497 e. The van der Waals surface area contributed by atoms with Crippen molar-refractivity contribution in [2.24, 2.45) is 5.10 Å². The van der Waals surface area contributed by atoms with Gasteiger partial charge in [0.25, 0.3) is 5.91 Å². The number of unbranched alkanes of at least 4 members (excludes halogenated alkanes) is 1. The number of benzene rings is 2. The van der Waals surface area contributed by atoms with Gasteiger partial charge in [-0.05, 0) is 67.4 Å². The number of carbonyl (C=O) groups excluding carboxylic acids is 2. The van der Waals surface area contributed by atoms with Crippen molar-refractivity contribution in [1.29, 1.82) is 0 Å². The van der Waals surface area contributed by atoms with E-state index in [2.05, 4.69) is 15.8 Å². The van der Waals surface area contributed by atoms with Crippen molar-refractivity contribution in [1.82, 2.24) is 5.43 Å². The zero-order chi connectivity index (χ0) is 19.6. The molecule has 0 saturated carbocycles. The molecule has 2 aromatic carbocycles. The summed E-state index contributed by atoms with van der Waals surface area (Å²) in [4.78, 5) is 24.0. The van der Waals surface area contributed by atoms with E-state index in [4.69, 9.17) is 4.74 Å². The number of hydrogen-bond donors (Lipinski definition) is 2. The predicted octanol–water partition coefficient (Wildman–Crippen LogP) is 3.98. The number of methoxy groups -OCH3 is 1. The van der Waals surface area contributed by atoms with Crippen LogP contribution in [-0.2, 0) is 4.79 Å². The number of rotatable bonds is 8. The fourth-order valence-electron chi connectivity index (χ4n) is 2.36. The maximum atomic E-state index is 12.2. The molecular formula is C21H25N3O3. The smallest absolute Gasteiger partial charge is 0.271 e. The summed E-state index contributed by atoms with van der Waals surface area (Å²) in [5, 5.41) is 6.95. The molecule has 0 heterocycles. The lowest BCUT2D eigenvalue weighted by molar-refractivity contribution is -0.116. The van der Waals surface area contributed by atoms with Crippen molar-refractivity contribution >= 4 is 23.2 Å². The first-order valence-corrected chi connectivity index (χ1v) is 8.92. The summed E-state index contributed by atoms with van der Waals surface area (Å²) in [5.74, 6) is 0.429. The van der Waals surface area contributed by atoms with E-state index in [0.29, 0.717) is 23.4 Å². The van der Waals surface area contributed by atoms with E-state index in [0.717, 1.165) is 24.2 Å². The SMILES string of the molecule is CCCCC(=O)Nc1ccc(C(=O)NN=C(C)c2ccc(OC)cc2)cc1. The van der Waals surface area contributed by atoms with Crippen LogP contribution in [0.2, 0.25) is 0 Å². The number of carbonyl (C=O) groups is 2. The summed E-state index contributed by atoms with van der Waals surface area (Å²) in [7, 11) is 1.61. The van der Waals surface area contributed by atoms with Gasteiger partial charge in [-0.25, -0.2) is 5.43 Å². The first-order chi connectivity index (χ1) is 13.0. The number of ether oxygens (including phenoxy) is 1. The molecule has 0 spiro atoms. The number of hydrogen-bond acceptors (Lipinski definition) is 4. The van der Waals surface area contributed by atoms with Crippen LogP contribution in [-0.4, -0.2) is 24.6 Å². The highest BCUT2D eigenvalue weighted by Crippen LogP contribution is 2.13. The molecule has 6 heteroatoms. The number of nitrogens with one attached hydrogen (secondary N) is 2. The summed E-state index contributed by atoms with van der Waals surface area (Å²) >= 11 is 0. The van der Waals surface area contributed by atoms with Crippen molar-refractivity contribution < 1.29 is 14.3 Å². The first-order valence-electron chi connectivity index (χ1n) is 8.92. The maximum Gasteiger partial charge on any atom is 0.271 e. The molecule has 0 aliphatic heterocycles. The van der Waals surface area contributed by atoms with Crippen LogP contribution in [0.4, 0.5) is 5.69 Å². The molecule has 0 aliphatic rings. The molecule has 0 unspecified atom stereocenters. The van der Waals surface area contributed by atoms with Gasteiger partial charge in [-0.2, -0.15) is 5.10 Å². The van der Waals surface area contributed by atoms with Gasteiger partial charge in [-0.15, -0.1) is 0 Å². The van der Waals surface area contributed by atoms with Gasteiger partial charge < -0.3 is 10.1 Å². The van der Waals surface area contributed by atoms with Crippen LogP contribution in [0.15, 0.2) is 53.6 Å². The Morgan fingerprint density at radius 2 is 1.63 bits per heavy atom. The third kappa shape index (κ3) is 6.26. The largest absolute Gasteiger partial charge is 0.497 e. The fraction of sp³-hybridized carbons (Fsp3) is 0.286. The topological polar surface area (TPSA) is 79.8 Å². The standard InChI is InChI=1S/C21H25N3O3/c1-4-5-6-20(25)22-18-11-7-17(8-12-18)21(26)24-23-15(2)16-9-13-19(27-3)14-10-16/h7-14H,4-6H2,1-3H3,(H,22,25)(H,24,26). The lowest BCUT2D eigenvalue weighted by atomic mass is 10.1. The Morgan fingerprint density at radius 3 is 2.22 bits per heavy atom. The van der Waals surface area contributed by atoms with Crippen LogP contribution in [0.25, 0.3) is 0 Å². The zero-order valence-corrected chi connectivity index (χ0v) is 15.9. The molecule has 6 nitrogen and oxygen atoms in total. The minimum atomic E-state index is -0.313. The maximum absolute atomic E-state index is 12.2. The van der Waals surface area contributed by atoms with E-state index >= 15 is 0 Å². The van der Waals surface area contributed by atoms with Crippen molar-refractivity contribution in [3.63, 3.8) is 0 Å². The van der Waals surface area contributed by atoms with Gasteiger partial charge in [0.1, 0.15) is 5.75 Å². The summed E-state index contributed by atoms with van der Waals surface area (Å²) in [6.07, 6.45) is 2.33. The molecule has 0 aromatic heterocycles. The van der Waals surface area contributed by atoms with Crippen LogP contribution in [0.5, 0.6) is 5.75 Å². The predicted molar refractivity (Wildman–Crippen MR) is 107 cm³/mol. The van der Waals surface area contributed by atoms with Crippen molar-refractivity contribution in [2.45, 2.75) is 33.1 Å². The monoisotopic (exact) mass is 367 g/mol. The lowest BCUT2D eigenvalue weighted by Gasteiger charge is -2.07. The molecular weight excluding hydrogens is 342 g/mol. The van der Waals surface area contributed by atoms with Crippen LogP contribution >= 0.6 is 0 Å². The second-order valence-electron chi connectivity index (χ2n) is 6.10. The molecule has 0 fully saturated rings. The number of nitrogens with zero attached hydrogens (tertiary/aromatic N) is 1. The zero-order valence-electron chi connectivity index (χ0n) is 15.9. The second-order valence-corrected chi connectivity index (χ2v) is 6.10. The lowest BCUT2D eigenvalue weighted by Crippen LogP contribution is -2.19. The first kappa shape index (κ1) is 20.2. The highest BCUT2D eigenvalue weighted by molar-refractivity contribution is 6.01. The molecule has 0 bridgehead atoms. The highest BCUT2D eigenvalue weighted by atomic mass is 16.5. The van der Waals surface area contributed by atoms with E-state index < -0.39 is 0 Å². The summed E-state index contributed by atoms with van der Waals surface area (Å²) in [5.41, 5.74) is 5.26. The molecule has 0 aliphatic carbocycles. The quantitative estimate of drug-likeness (QED) is 0.547. The molecule has 0 atom stereocenters. The van der Waals surface area contributed by atoms with Gasteiger partial charge in [-0.1, -0.05) is 13.3 Å². The Morgan fingerprint density at radius 1 is 1.00 bits per heavy atom. The van der Waals surface area contributed by atoms with Gasteiger partial charge in [0.05, 0.1) is 12.8 Å². The van der Waals surface area contributed by atoms with E-state index in [1.165, 1.54) is 0 Å². The van der Waals surface area contributed by atoms with Gasteiger partial charge in [0, 0.05) is 17.7 Å². The Balaban J connectivity index is 1.93. The summed E-state index contributed by atoms with van der Waals surface area (Å²) in [6.45, 7) is 3.86. The molecule has 142 valence electrons. The minimum absolute atomic E-state index is 0.0197. The van der Waals surface area contributed by atoms with E-state index in [1.807, 2.05) is 38.1 Å². The van der Waals surface area contributed by atoms with Gasteiger partial charge >= 0.3 is 0 Å². The number of hydrazone groups is 1. The summed E-state index contributed by atoms with van der Waals surface area (Å²) < 4.78 is 5.12. The Hall–Kier alpha value is -3.15. The molecule has 0 radical (unpaired) electrons. The van der Waals surface area contributed by atoms with E-state index in [-0.39, 0.29) is 11.8 Å². The van der Waals surface area contributed by atoms with Crippen LogP contribution in [0.3, 0.4) is 0 Å². The molecule has 2 N–H and O–H groups in total. The fourth-order valence-corrected chi connectivity index (χ4v) is 2.36. The second kappa shape index (κ2) is 10.1. The van der Waals surface area contributed by atoms with Crippen molar-refractivity contribution in [3.05, 3.63) is 59.7 Å². The third-order valence-corrected chi connectivity index (χ3v) is 4.02. The van der Waals surface area contributed by atoms with Crippen LogP contribution in [0, 0.1) is 0 Å². The normalized spacial score (nSPS) is 11.0. The average molecular weight is 367 g/mol. The number of anilines is 1. The summed E-state index contributed by atoms with van der Waals surface area (Å²) in [6, 6.07) is 14.1. The van der Waals surface area contributed by atoms with Crippen LogP contribution in [0.1, 0.15) is 49.0 Å². The van der Waals surface area contributed by atoms with E-state index in [1.54, 1.807) is 31.4 Å². The van der Waals surface area contributed by atoms with Crippen LogP contribution < -0.4 is 15.5 Å². The van der Waals surface area contributed by atoms with Crippen molar-refractivity contribution in [2.75, 3.05) is 12.4 Å². The Bertz CT molecular complexity index is 796. The van der Waals surface area contributed by atoms with E-state index in [9.17, 15) is 9.59 Å². The molecule has 27 heavy (non-hydrogen) atoms. The molecule has 0 saturated heterocycles. The third-order valence-electron chi connectivity index (χ3n) is 4.02. The molecule has 2 amide bonds. The van der Waals surface area contributed by atoms with Gasteiger partial charge in [0.2, 0.25) is 5.91 Å². The Labute approximate surface area is 159 Å². The highest BCUT2D eigenvalue weighted by Gasteiger charge is 2.07. The van der Waals surface area contributed by atoms with Gasteiger partial charge in [-0.3, -0.25) is 9.59 Å².